The van der Waals surface area contributed by atoms with Crippen LogP contribution < -0.4 is 4.90 Å². The number of benzene rings is 1. The molecule has 0 aliphatic carbocycles. The monoisotopic (exact) mass is 330 g/mol. The van der Waals surface area contributed by atoms with Crippen molar-refractivity contribution in [3.8, 4) is 0 Å². The standard InChI is InChI=1S/C18H23FN4O/c1-15(14-23-11-2-8-20-23)18(24)22-10-3-9-21(12-13-22)17-6-4-16(19)5-7-17/h2,4-8,11,15H,3,9-10,12-14H2,1H3/t15-/m1/s1. The van der Waals surface area contributed by atoms with Crippen molar-refractivity contribution in [3.63, 3.8) is 0 Å². The average molecular weight is 330 g/mol. The molecule has 0 radical (unpaired) electrons. The van der Waals surface area contributed by atoms with E-state index in [9.17, 15) is 9.18 Å². The molecule has 128 valence electrons. The predicted octanol–water partition coefficient (Wildman–Crippen LogP) is 2.40. The normalized spacial score (nSPS) is 16.8. The third-order valence-corrected chi connectivity index (χ3v) is 4.44. The van der Waals surface area contributed by atoms with Gasteiger partial charge in [0, 0.05) is 44.3 Å². The molecule has 1 aromatic carbocycles. The minimum Gasteiger partial charge on any atom is -0.370 e. The number of carbonyl (C=O) groups excluding carboxylic acids is 1. The Kier molecular flexibility index (Phi) is 5.13. The predicted molar refractivity (Wildman–Crippen MR) is 91.2 cm³/mol. The molecular weight excluding hydrogens is 307 g/mol. The molecule has 6 heteroatoms. The van der Waals surface area contributed by atoms with Gasteiger partial charge in [-0.25, -0.2) is 4.39 Å². The summed E-state index contributed by atoms with van der Waals surface area (Å²) in [5, 5.41) is 4.17. The Morgan fingerprint density at radius 2 is 2.00 bits per heavy atom. The van der Waals surface area contributed by atoms with Gasteiger partial charge >= 0.3 is 0 Å². The van der Waals surface area contributed by atoms with E-state index in [0.717, 1.165) is 31.7 Å². The van der Waals surface area contributed by atoms with E-state index in [-0.39, 0.29) is 17.6 Å². The lowest BCUT2D eigenvalue weighted by atomic mass is 10.1. The van der Waals surface area contributed by atoms with Gasteiger partial charge in [0.05, 0.1) is 12.5 Å². The molecule has 2 aromatic rings. The molecule has 0 unspecified atom stereocenters. The van der Waals surface area contributed by atoms with Crippen LogP contribution in [-0.2, 0) is 11.3 Å². The zero-order valence-corrected chi connectivity index (χ0v) is 13.9. The fraction of sp³-hybridized carbons (Fsp3) is 0.444. The van der Waals surface area contributed by atoms with E-state index >= 15 is 0 Å². The molecule has 1 amide bonds. The summed E-state index contributed by atoms with van der Waals surface area (Å²) >= 11 is 0. The number of nitrogens with zero attached hydrogens (tertiary/aromatic N) is 4. The maximum atomic E-state index is 13.1. The topological polar surface area (TPSA) is 41.4 Å². The highest BCUT2D eigenvalue weighted by Crippen LogP contribution is 2.18. The Balaban J connectivity index is 1.58. The third-order valence-electron chi connectivity index (χ3n) is 4.44. The molecule has 1 saturated heterocycles. The molecule has 1 aliphatic rings. The van der Waals surface area contributed by atoms with Crippen LogP contribution in [0.5, 0.6) is 0 Å². The number of halogens is 1. The van der Waals surface area contributed by atoms with Crippen molar-refractivity contribution in [3.05, 3.63) is 48.5 Å². The van der Waals surface area contributed by atoms with Gasteiger partial charge in [-0.1, -0.05) is 6.92 Å². The van der Waals surface area contributed by atoms with Crippen LogP contribution in [0, 0.1) is 11.7 Å². The highest BCUT2D eigenvalue weighted by molar-refractivity contribution is 5.78. The van der Waals surface area contributed by atoms with Gasteiger partial charge in [-0.15, -0.1) is 0 Å². The summed E-state index contributed by atoms with van der Waals surface area (Å²) in [6, 6.07) is 8.43. The first-order valence-corrected chi connectivity index (χ1v) is 8.40. The highest BCUT2D eigenvalue weighted by atomic mass is 19.1. The lowest BCUT2D eigenvalue weighted by molar-refractivity contribution is -0.135. The zero-order chi connectivity index (χ0) is 16.9. The second-order valence-electron chi connectivity index (χ2n) is 6.27. The van der Waals surface area contributed by atoms with Gasteiger partial charge in [0.15, 0.2) is 0 Å². The van der Waals surface area contributed by atoms with Crippen molar-refractivity contribution in [2.24, 2.45) is 5.92 Å². The van der Waals surface area contributed by atoms with Gasteiger partial charge < -0.3 is 9.80 Å². The van der Waals surface area contributed by atoms with Crippen molar-refractivity contribution in [2.75, 3.05) is 31.1 Å². The molecular formula is C18H23FN4O. The molecule has 24 heavy (non-hydrogen) atoms. The molecule has 1 aliphatic heterocycles. The second kappa shape index (κ2) is 7.47. The summed E-state index contributed by atoms with van der Waals surface area (Å²) in [5.41, 5.74) is 1.01. The SMILES string of the molecule is C[C@H](Cn1cccn1)C(=O)N1CCCN(c2ccc(F)cc2)CC1. The molecule has 2 heterocycles. The number of hydrogen-bond acceptors (Lipinski definition) is 3. The smallest absolute Gasteiger partial charge is 0.227 e. The fourth-order valence-corrected chi connectivity index (χ4v) is 3.13. The molecule has 0 saturated carbocycles. The second-order valence-corrected chi connectivity index (χ2v) is 6.27. The summed E-state index contributed by atoms with van der Waals surface area (Å²) in [4.78, 5) is 16.8. The van der Waals surface area contributed by atoms with E-state index in [2.05, 4.69) is 10.00 Å². The average Bonchev–Trinajstić information content (AvgIpc) is 2.97. The zero-order valence-electron chi connectivity index (χ0n) is 13.9. The summed E-state index contributed by atoms with van der Waals surface area (Å²) in [6.07, 6.45) is 4.52. The highest BCUT2D eigenvalue weighted by Gasteiger charge is 2.23. The first-order valence-electron chi connectivity index (χ1n) is 8.40. The number of rotatable bonds is 4. The van der Waals surface area contributed by atoms with E-state index in [1.54, 1.807) is 23.0 Å². The number of carbonyl (C=O) groups is 1. The Bertz CT molecular complexity index is 656. The van der Waals surface area contributed by atoms with Gasteiger partial charge in [0.1, 0.15) is 5.82 Å². The van der Waals surface area contributed by atoms with Crippen LogP contribution in [0.3, 0.4) is 0 Å². The Hall–Kier alpha value is -2.37. The summed E-state index contributed by atoms with van der Waals surface area (Å²) in [5.74, 6) is -0.147. The van der Waals surface area contributed by atoms with Crippen LogP contribution in [0.25, 0.3) is 0 Å². The molecule has 1 atom stereocenters. The van der Waals surface area contributed by atoms with Gasteiger partial charge in [-0.2, -0.15) is 5.10 Å². The van der Waals surface area contributed by atoms with Gasteiger partial charge in [0.2, 0.25) is 5.91 Å². The first-order chi connectivity index (χ1) is 11.6. The number of anilines is 1. The number of aromatic nitrogens is 2. The Labute approximate surface area is 141 Å². The summed E-state index contributed by atoms with van der Waals surface area (Å²) in [6.45, 7) is 5.66. The number of hydrogen-bond donors (Lipinski definition) is 0. The van der Waals surface area contributed by atoms with Crippen molar-refractivity contribution in [1.29, 1.82) is 0 Å². The molecule has 1 fully saturated rings. The van der Waals surface area contributed by atoms with E-state index in [1.165, 1.54) is 12.1 Å². The van der Waals surface area contributed by atoms with Gasteiger partial charge in [-0.3, -0.25) is 9.48 Å². The Morgan fingerprint density at radius 1 is 1.21 bits per heavy atom. The molecule has 0 bridgehead atoms. The van der Waals surface area contributed by atoms with Crippen LogP contribution in [-0.4, -0.2) is 46.8 Å². The van der Waals surface area contributed by atoms with E-state index in [4.69, 9.17) is 0 Å². The van der Waals surface area contributed by atoms with Crippen molar-refractivity contribution >= 4 is 11.6 Å². The summed E-state index contributed by atoms with van der Waals surface area (Å²) < 4.78 is 14.9. The quantitative estimate of drug-likeness (QED) is 0.864. The molecule has 0 N–H and O–H groups in total. The fourth-order valence-electron chi connectivity index (χ4n) is 3.13. The number of amides is 1. The minimum absolute atomic E-state index is 0.0951. The minimum atomic E-state index is -0.224. The molecule has 3 rings (SSSR count). The molecule has 0 spiro atoms. The van der Waals surface area contributed by atoms with Crippen LogP contribution in [0.1, 0.15) is 13.3 Å². The van der Waals surface area contributed by atoms with Crippen molar-refractivity contribution in [1.82, 2.24) is 14.7 Å². The van der Waals surface area contributed by atoms with Crippen molar-refractivity contribution in [2.45, 2.75) is 19.9 Å². The molecule has 5 nitrogen and oxygen atoms in total. The van der Waals surface area contributed by atoms with Gasteiger partial charge in [0.25, 0.3) is 0 Å². The Morgan fingerprint density at radius 3 is 2.71 bits per heavy atom. The van der Waals surface area contributed by atoms with E-state index < -0.39 is 0 Å². The van der Waals surface area contributed by atoms with E-state index in [1.807, 2.05) is 24.1 Å². The molecule has 1 aromatic heterocycles. The lowest BCUT2D eigenvalue weighted by Gasteiger charge is -2.25. The summed E-state index contributed by atoms with van der Waals surface area (Å²) in [7, 11) is 0. The maximum Gasteiger partial charge on any atom is 0.227 e. The van der Waals surface area contributed by atoms with Crippen LogP contribution in [0.2, 0.25) is 0 Å². The largest absolute Gasteiger partial charge is 0.370 e. The van der Waals surface area contributed by atoms with E-state index in [0.29, 0.717) is 13.1 Å². The third kappa shape index (κ3) is 3.93. The van der Waals surface area contributed by atoms with Crippen molar-refractivity contribution < 1.29 is 9.18 Å². The van der Waals surface area contributed by atoms with Gasteiger partial charge in [-0.05, 0) is 36.8 Å². The first kappa shape index (κ1) is 16.5. The maximum absolute atomic E-state index is 13.1. The van der Waals surface area contributed by atoms with Crippen LogP contribution in [0.15, 0.2) is 42.7 Å². The van der Waals surface area contributed by atoms with Crippen LogP contribution >= 0.6 is 0 Å². The van der Waals surface area contributed by atoms with Crippen LogP contribution in [0.4, 0.5) is 10.1 Å². The lowest BCUT2D eigenvalue weighted by Crippen LogP contribution is -2.39.